The van der Waals surface area contributed by atoms with Crippen LogP contribution in [0.15, 0.2) is 63.9 Å². The van der Waals surface area contributed by atoms with Crippen molar-refractivity contribution in [2.45, 2.75) is 42.5 Å². The number of aromatic nitrogens is 1. The van der Waals surface area contributed by atoms with Gasteiger partial charge < -0.3 is 9.73 Å². The van der Waals surface area contributed by atoms with Crippen LogP contribution < -0.4 is 5.32 Å². The summed E-state index contributed by atoms with van der Waals surface area (Å²) in [6.45, 7) is 0. The second-order valence-corrected chi connectivity index (χ2v) is 10.1. The number of sulfonamides is 1. The lowest BCUT2D eigenvalue weighted by Crippen LogP contribution is -2.28. The Kier molecular flexibility index (Phi) is 4.91. The van der Waals surface area contributed by atoms with E-state index in [0.717, 1.165) is 31.2 Å². The van der Waals surface area contributed by atoms with Crippen LogP contribution in [-0.2, 0) is 10.0 Å². The molecule has 0 saturated heterocycles. The second kappa shape index (κ2) is 7.62. The Balaban J connectivity index is 1.36. The summed E-state index contributed by atoms with van der Waals surface area (Å²) >= 11 is 0. The van der Waals surface area contributed by atoms with Crippen LogP contribution in [0.4, 0.5) is 5.69 Å². The smallest absolute Gasteiger partial charge is 0.277 e. The maximum Gasteiger partial charge on any atom is 0.277 e. The van der Waals surface area contributed by atoms with Gasteiger partial charge in [0, 0.05) is 30.3 Å². The molecule has 3 aromatic rings. The number of rotatable bonds is 7. The van der Waals surface area contributed by atoms with Gasteiger partial charge in [0.05, 0.1) is 4.90 Å². The number of nitrogens with zero attached hydrogens (tertiary/aromatic N) is 2. The van der Waals surface area contributed by atoms with E-state index >= 15 is 0 Å². The Morgan fingerprint density at radius 3 is 2.32 bits per heavy atom. The van der Waals surface area contributed by atoms with Gasteiger partial charge in [0.1, 0.15) is 5.76 Å². The summed E-state index contributed by atoms with van der Waals surface area (Å²) in [6, 6.07) is 15.8. The molecule has 2 aliphatic carbocycles. The molecule has 0 radical (unpaired) electrons. The minimum atomic E-state index is -3.52. The average molecular weight is 438 g/mol. The highest BCUT2D eigenvalue weighted by atomic mass is 32.2. The fraction of sp³-hybridized carbons (Fsp3) is 0.304. The van der Waals surface area contributed by atoms with Crippen molar-refractivity contribution in [3.8, 4) is 11.5 Å². The first-order valence-corrected chi connectivity index (χ1v) is 11.8. The molecule has 1 heterocycles. The molecule has 1 amide bonds. The van der Waals surface area contributed by atoms with Crippen molar-refractivity contribution in [3.63, 3.8) is 0 Å². The molecule has 0 unspecified atom stereocenters. The van der Waals surface area contributed by atoms with Crippen molar-refractivity contribution in [2.24, 2.45) is 0 Å². The van der Waals surface area contributed by atoms with Gasteiger partial charge in [-0.2, -0.15) is 4.31 Å². The maximum absolute atomic E-state index is 12.9. The van der Waals surface area contributed by atoms with E-state index in [4.69, 9.17) is 4.42 Å². The largest absolute Gasteiger partial charge is 0.440 e. The quantitative estimate of drug-likeness (QED) is 0.596. The normalized spacial score (nSPS) is 16.5. The molecule has 2 saturated carbocycles. The molecule has 31 heavy (non-hydrogen) atoms. The van der Waals surface area contributed by atoms with Crippen LogP contribution in [0.2, 0.25) is 0 Å². The predicted octanol–water partition coefficient (Wildman–Crippen LogP) is 4.25. The van der Waals surface area contributed by atoms with E-state index in [9.17, 15) is 13.2 Å². The van der Waals surface area contributed by atoms with Crippen LogP contribution >= 0.6 is 0 Å². The molecular weight excluding hydrogens is 414 g/mol. The molecule has 2 fully saturated rings. The number of benzene rings is 2. The lowest BCUT2D eigenvalue weighted by atomic mass is 10.2. The Hall–Kier alpha value is -2.97. The molecule has 8 heteroatoms. The fourth-order valence-electron chi connectivity index (χ4n) is 3.52. The van der Waals surface area contributed by atoms with Gasteiger partial charge in [-0.1, -0.05) is 18.2 Å². The number of hydrogen-bond donors (Lipinski definition) is 1. The molecular formula is C23H23N3O4S. The summed E-state index contributed by atoms with van der Waals surface area (Å²) in [4.78, 5) is 17.6. The van der Waals surface area contributed by atoms with Gasteiger partial charge in [0.15, 0.2) is 5.69 Å². The zero-order valence-electron chi connectivity index (χ0n) is 17.1. The summed E-state index contributed by atoms with van der Waals surface area (Å²) in [7, 11) is -1.91. The lowest BCUT2D eigenvalue weighted by Gasteiger charge is -2.16. The SMILES string of the molecule is CN(C1CC1)S(=O)(=O)c1ccc(NC(=O)c2nc(-c3ccccc3)oc2C2CC2)cc1. The molecule has 1 N–H and O–H groups in total. The van der Waals surface area contributed by atoms with Crippen molar-refractivity contribution < 1.29 is 17.6 Å². The summed E-state index contributed by atoms with van der Waals surface area (Å²) in [5, 5.41) is 2.82. The number of anilines is 1. The number of carbonyl (C=O) groups excluding carboxylic acids is 1. The van der Waals surface area contributed by atoms with Crippen molar-refractivity contribution in [3.05, 3.63) is 66.1 Å². The summed E-state index contributed by atoms with van der Waals surface area (Å²) in [5.41, 5.74) is 1.60. The minimum Gasteiger partial charge on any atom is -0.440 e. The lowest BCUT2D eigenvalue weighted by molar-refractivity contribution is 0.102. The second-order valence-electron chi connectivity index (χ2n) is 8.10. The van der Waals surface area contributed by atoms with E-state index in [1.54, 1.807) is 19.2 Å². The average Bonchev–Trinajstić information content (AvgIpc) is 3.72. The third-order valence-corrected chi connectivity index (χ3v) is 7.61. The molecule has 5 rings (SSSR count). The topological polar surface area (TPSA) is 92.5 Å². The molecule has 0 atom stereocenters. The van der Waals surface area contributed by atoms with Gasteiger partial charge in [0.25, 0.3) is 5.91 Å². The van der Waals surface area contributed by atoms with Crippen molar-refractivity contribution in [1.29, 1.82) is 0 Å². The Bertz CT molecular complexity index is 1210. The molecule has 160 valence electrons. The monoisotopic (exact) mass is 437 g/mol. The van der Waals surface area contributed by atoms with Crippen LogP contribution in [-0.4, -0.2) is 36.7 Å². The Labute approximate surface area is 181 Å². The highest BCUT2D eigenvalue weighted by Crippen LogP contribution is 2.43. The first-order valence-electron chi connectivity index (χ1n) is 10.4. The van der Waals surface area contributed by atoms with Gasteiger partial charge in [-0.15, -0.1) is 0 Å². The van der Waals surface area contributed by atoms with Gasteiger partial charge in [-0.05, 0) is 62.1 Å². The van der Waals surface area contributed by atoms with E-state index in [1.807, 2.05) is 30.3 Å². The number of oxazole rings is 1. The molecule has 0 bridgehead atoms. The highest BCUT2D eigenvalue weighted by molar-refractivity contribution is 7.89. The van der Waals surface area contributed by atoms with Crippen LogP contribution in [0.3, 0.4) is 0 Å². The van der Waals surface area contributed by atoms with E-state index in [1.165, 1.54) is 16.4 Å². The summed E-state index contributed by atoms with van der Waals surface area (Å²) < 4.78 is 32.7. The first-order chi connectivity index (χ1) is 14.9. The first kappa shape index (κ1) is 20.0. The zero-order chi connectivity index (χ0) is 21.6. The third kappa shape index (κ3) is 4.00. The molecule has 2 aliphatic rings. The van der Waals surface area contributed by atoms with Crippen molar-refractivity contribution in [1.82, 2.24) is 9.29 Å². The molecule has 0 aliphatic heterocycles. The van der Waals surface area contributed by atoms with E-state index in [-0.39, 0.29) is 28.5 Å². The Morgan fingerprint density at radius 2 is 1.71 bits per heavy atom. The number of amides is 1. The number of hydrogen-bond acceptors (Lipinski definition) is 5. The van der Waals surface area contributed by atoms with E-state index < -0.39 is 10.0 Å². The predicted molar refractivity (Wildman–Crippen MR) is 116 cm³/mol. The van der Waals surface area contributed by atoms with E-state index in [2.05, 4.69) is 10.3 Å². The van der Waals surface area contributed by atoms with Gasteiger partial charge in [-0.3, -0.25) is 4.79 Å². The Morgan fingerprint density at radius 1 is 1.03 bits per heavy atom. The standard InChI is InChI=1S/C23H23N3O4S/c1-26(18-11-12-18)31(28,29)19-13-9-17(10-14-19)24-22(27)20-21(15-7-8-15)30-23(25-20)16-5-3-2-4-6-16/h2-6,9-10,13-15,18H,7-8,11-12H2,1H3,(H,24,27). The van der Waals surface area contributed by atoms with Crippen molar-refractivity contribution >= 4 is 21.6 Å². The van der Waals surface area contributed by atoms with Crippen LogP contribution in [0.1, 0.15) is 47.8 Å². The summed E-state index contributed by atoms with van der Waals surface area (Å²) in [5.74, 6) is 0.897. The van der Waals surface area contributed by atoms with Gasteiger partial charge in [0.2, 0.25) is 15.9 Å². The highest BCUT2D eigenvalue weighted by Gasteiger charge is 2.35. The molecule has 1 aromatic heterocycles. The van der Waals surface area contributed by atoms with Crippen LogP contribution in [0, 0.1) is 0 Å². The van der Waals surface area contributed by atoms with Gasteiger partial charge >= 0.3 is 0 Å². The molecule has 0 spiro atoms. The minimum absolute atomic E-state index is 0.0937. The van der Waals surface area contributed by atoms with Crippen LogP contribution in [0.5, 0.6) is 0 Å². The van der Waals surface area contributed by atoms with Crippen molar-refractivity contribution in [2.75, 3.05) is 12.4 Å². The zero-order valence-corrected chi connectivity index (χ0v) is 17.9. The molecule has 7 nitrogen and oxygen atoms in total. The number of nitrogens with one attached hydrogen (secondary N) is 1. The molecule has 2 aromatic carbocycles. The fourth-order valence-corrected chi connectivity index (χ4v) is 4.94. The third-order valence-electron chi connectivity index (χ3n) is 5.69. The van der Waals surface area contributed by atoms with E-state index in [0.29, 0.717) is 17.3 Å². The summed E-state index contributed by atoms with van der Waals surface area (Å²) in [6.07, 6.45) is 3.75. The number of carbonyl (C=O) groups is 1. The van der Waals surface area contributed by atoms with Gasteiger partial charge in [-0.25, -0.2) is 13.4 Å². The van der Waals surface area contributed by atoms with Crippen LogP contribution in [0.25, 0.3) is 11.5 Å². The maximum atomic E-state index is 12.9.